The standard InChI is InChI=1S/C24H23FN6O2/c1-15-16(2)23(29-11-13-30(14-12-29)24(32)33)28-31-21(18-7-9-26-10-8-18)20(27-22(15)31)17-3-5-19(25)6-4-17/h3-10H,11-14H2,1-2H3,(H,32,33). The molecular formula is C24H23FN6O2. The molecule has 0 bridgehead atoms. The molecule has 1 aromatic carbocycles. The Kier molecular flexibility index (Phi) is 5.16. The van der Waals surface area contributed by atoms with E-state index in [-0.39, 0.29) is 5.82 Å². The van der Waals surface area contributed by atoms with Crippen LogP contribution in [0.25, 0.3) is 28.2 Å². The van der Waals surface area contributed by atoms with Gasteiger partial charge in [0.25, 0.3) is 0 Å². The van der Waals surface area contributed by atoms with Crippen LogP contribution < -0.4 is 4.90 Å². The van der Waals surface area contributed by atoms with Crippen molar-refractivity contribution >= 4 is 17.6 Å². The smallest absolute Gasteiger partial charge is 0.407 e. The number of anilines is 1. The van der Waals surface area contributed by atoms with Gasteiger partial charge in [-0.25, -0.2) is 18.7 Å². The number of hydrogen-bond acceptors (Lipinski definition) is 5. The maximum absolute atomic E-state index is 13.6. The topological polar surface area (TPSA) is 86.9 Å². The van der Waals surface area contributed by atoms with Crippen molar-refractivity contribution < 1.29 is 14.3 Å². The van der Waals surface area contributed by atoms with E-state index in [0.29, 0.717) is 31.9 Å². The number of rotatable bonds is 3. The van der Waals surface area contributed by atoms with Gasteiger partial charge in [-0.1, -0.05) is 0 Å². The number of aryl methyl sites for hydroxylation is 1. The first-order valence-corrected chi connectivity index (χ1v) is 10.7. The van der Waals surface area contributed by atoms with Crippen LogP contribution in [0.15, 0.2) is 48.8 Å². The lowest BCUT2D eigenvalue weighted by Crippen LogP contribution is -2.49. The lowest BCUT2D eigenvalue weighted by atomic mass is 10.1. The highest BCUT2D eigenvalue weighted by Gasteiger charge is 2.26. The van der Waals surface area contributed by atoms with Gasteiger partial charge in [0.2, 0.25) is 0 Å². The second kappa shape index (κ2) is 8.16. The molecule has 33 heavy (non-hydrogen) atoms. The minimum atomic E-state index is -0.899. The summed E-state index contributed by atoms with van der Waals surface area (Å²) in [6, 6.07) is 10.1. The Bertz CT molecular complexity index is 1330. The number of benzene rings is 1. The maximum atomic E-state index is 13.6. The summed E-state index contributed by atoms with van der Waals surface area (Å²) in [6.45, 7) is 6.01. The van der Waals surface area contributed by atoms with Crippen molar-refractivity contribution in [2.45, 2.75) is 13.8 Å². The van der Waals surface area contributed by atoms with E-state index < -0.39 is 6.09 Å². The molecule has 0 saturated carbocycles. The molecular weight excluding hydrogens is 423 g/mol. The summed E-state index contributed by atoms with van der Waals surface area (Å²) in [5.41, 5.74) is 5.92. The van der Waals surface area contributed by atoms with Crippen molar-refractivity contribution in [2.75, 3.05) is 31.1 Å². The van der Waals surface area contributed by atoms with Gasteiger partial charge in [0, 0.05) is 60.8 Å². The number of hydrogen-bond donors (Lipinski definition) is 1. The fourth-order valence-electron chi connectivity index (χ4n) is 4.25. The van der Waals surface area contributed by atoms with Gasteiger partial charge in [0.05, 0.1) is 5.69 Å². The number of halogens is 1. The molecule has 3 aromatic heterocycles. The SMILES string of the molecule is Cc1c(N2CCN(C(=O)O)CC2)nn2c(-c3ccncc3)c(-c3ccc(F)cc3)nc2c1C. The zero-order valence-corrected chi connectivity index (χ0v) is 18.4. The van der Waals surface area contributed by atoms with Crippen LogP contribution in [-0.4, -0.2) is 61.9 Å². The van der Waals surface area contributed by atoms with Crippen LogP contribution in [0.2, 0.25) is 0 Å². The lowest BCUT2D eigenvalue weighted by molar-refractivity contribution is 0.142. The van der Waals surface area contributed by atoms with Crippen molar-refractivity contribution in [3.8, 4) is 22.5 Å². The number of amides is 1. The fraction of sp³-hybridized carbons (Fsp3) is 0.250. The first kappa shape index (κ1) is 20.9. The van der Waals surface area contributed by atoms with Crippen LogP contribution in [0.4, 0.5) is 15.0 Å². The molecule has 4 heterocycles. The van der Waals surface area contributed by atoms with E-state index >= 15 is 0 Å². The maximum Gasteiger partial charge on any atom is 0.407 e. The van der Waals surface area contributed by atoms with E-state index in [0.717, 1.165) is 39.4 Å². The van der Waals surface area contributed by atoms with E-state index in [9.17, 15) is 14.3 Å². The Balaban J connectivity index is 1.69. The number of carboxylic acid groups (broad SMARTS) is 1. The average molecular weight is 446 g/mol. The molecule has 8 nitrogen and oxygen atoms in total. The van der Waals surface area contributed by atoms with E-state index in [2.05, 4.69) is 9.88 Å². The van der Waals surface area contributed by atoms with E-state index in [1.807, 2.05) is 30.5 Å². The van der Waals surface area contributed by atoms with Crippen molar-refractivity contribution in [1.29, 1.82) is 0 Å². The van der Waals surface area contributed by atoms with Gasteiger partial charge in [0.1, 0.15) is 11.5 Å². The summed E-state index contributed by atoms with van der Waals surface area (Å²) in [6.07, 6.45) is 2.54. The molecule has 0 spiro atoms. The third kappa shape index (κ3) is 3.65. The summed E-state index contributed by atoms with van der Waals surface area (Å²) < 4.78 is 15.4. The van der Waals surface area contributed by atoms with Gasteiger partial charge < -0.3 is 14.9 Å². The van der Waals surface area contributed by atoms with Crippen molar-refractivity contribution in [2.24, 2.45) is 0 Å². The minimum absolute atomic E-state index is 0.305. The number of pyridine rings is 1. The quantitative estimate of drug-likeness (QED) is 0.512. The Morgan fingerprint density at radius 1 is 0.939 bits per heavy atom. The summed E-state index contributed by atoms with van der Waals surface area (Å²) >= 11 is 0. The van der Waals surface area contributed by atoms with Crippen LogP contribution in [0.3, 0.4) is 0 Å². The zero-order valence-electron chi connectivity index (χ0n) is 18.4. The molecule has 1 N–H and O–H groups in total. The Morgan fingerprint density at radius 2 is 1.61 bits per heavy atom. The summed E-state index contributed by atoms with van der Waals surface area (Å²) in [5.74, 6) is 0.504. The number of aromatic nitrogens is 4. The molecule has 9 heteroatoms. The van der Waals surface area contributed by atoms with Gasteiger partial charge in [-0.05, 0) is 50.2 Å². The third-order valence-corrected chi connectivity index (χ3v) is 6.20. The molecule has 0 radical (unpaired) electrons. The summed E-state index contributed by atoms with van der Waals surface area (Å²) in [7, 11) is 0. The minimum Gasteiger partial charge on any atom is -0.465 e. The second-order valence-electron chi connectivity index (χ2n) is 8.12. The van der Waals surface area contributed by atoms with Gasteiger partial charge in [-0.3, -0.25) is 4.98 Å². The number of carbonyl (C=O) groups is 1. The molecule has 1 aliphatic heterocycles. The van der Waals surface area contributed by atoms with Gasteiger partial charge in [-0.2, -0.15) is 0 Å². The second-order valence-corrected chi connectivity index (χ2v) is 8.12. The van der Waals surface area contributed by atoms with Gasteiger partial charge >= 0.3 is 6.09 Å². The predicted octanol–water partition coefficient (Wildman–Crippen LogP) is 4.01. The molecule has 1 aliphatic rings. The Hall–Kier alpha value is -4.01. The third-order valence-electron chi connectivity index (χ3n) is 6.20. The van der Waals surface area contributed by atoms with Crippen molar-refractivity contribution in [3.05, 3.63) is 65.7 Å². The number of imidazole rings is 1. The highest BCUT2D eigenvalue weighted by atomic mass is 19.1. The molecule has 4 aromatic rings. The van der Waals surface area contributed by atoms with Crippen LogP contribution in [0.1, 0.15) is 11.1 Å². The highest BCUT2D eigenvalue weighted by molar-refractivity contribution is 5.83. The fourth-order valence-corrected chi connectivity index (χ4v) is 4.25. The summed E-state index contributed by atoms with van der Waals surface area (Å²) in [4.78, 5) is 23.9. The molecule has 168 valence electrons. The number of fused-ring (bicyclic) bond motifs is 1. The molecule has 1 amide bonds. The molecule has 5 rings (SSSR count). The zero-order chi connectivity index (χ0) is 23.1. The predicted molar refractivity (Wildman–Crippen MR) is 123 cm³/mol. The van der Waals surface area contributed by atoms with Gasteiger partial charge in [0.15, 0.2) is 11.5 Å². The summed E-state index contributed by atoms with van der Waals surface area (Å²) in [5, 5.41) is 14.3. The van der Waals surface area contributed by atoms with Crippen LogP contribution >= 0.6 is 0 Å². The normalized spacial score (nSPS) is 14.2. The van der Waals surface area contributed by atoms with Crippen molar-refractivity contribution in [1.82, 2.24) is 24.5 Å². The first-order valence-electron chi connectivity index (χ1n) is 10.7. The number of piperazine rings is 1. The van der Waals surface area contributed by atoms with E-state index in [4.69, 9.17) is 10.1 Å². The van der Waals surface area contributed by atoms with E-state index in [1.165, 1.54) is 17.0 Å². The van der Waals surface area contributed by atoms with E-state index in [1.54, 1.807) is 24.5 Å². The Labute approximate surface area is 189 Å². The molecule has 0 unspecified atom stereocenters. The van der Waals surface area contributed by atoms with Crippen LogP contribution in [0.5, 0.6) is 0 Å². The Morgan fingerprint density at radius 3 is 2.24 bits per heavy atom. The molecule has 0 atom stereocenters. The highest BCUT2D eigenvalue weighted by Crippen LogP contribution is 2.35. The largest absolute Gasteiger partial charge is 0.465 e. The average Bonchev–Trinajstić information content (AvgIpc) is 3.22. The molecule has 1 saturated heterocycles. The number of nitrogens with zero attached hydrogens (tertiary/aromatic N) is 6. The molecule has 1 fully saturated rings. The van der Waals surface area contributed by atoms with Crippen molar-refractivity contribution in [3.63, 3.8) is 0 Å². The molecule has 0 aliphatic carbocycles. The monoisotopic (exact) mass is 446 g/mol. The van der Waals surface area contributed by atoms with Gasteiger partial charge in [-0.15, -0.1) is 5.10 Å². The first-order chi connectivity index (χ1) is 15.9. The van der Waals surface area contributed by atoms with Crippen LogP contribution in [-0.2, 0) is 0 Å². The lowest BCUT2D eigenvalue weighted by Gasteiger charge is -2.34. The van der Waals surface area contributed by atoms with Crippen LogP contribution in [0, 0.1) is 19.7 Å².